The number of hydrogen-bond acceptors (Lipinski definition) is 2. The quantitative estimate of drug-likeness (QED) is 0.795. The van der Waals surface area contributed by atoms with Gasteiger partial charge in [0.25, 0.3) is 12.3 Å². The van der Waals surface area contributed by atoms with Crippen LogP contribution in [0.4, 0.5) is 8.78 Å². The molecule has 2 aliphatic rings. The molecule has 23 heavy (non-hydrogen) atoms. The second-order valence-corrected chi connectivity index (χ2v) is 7.02. The Bertz CT molecular complexity index is 593. The summed E-state index contributed by atoms with van der Waals surface area (Å²) in [6.07, 6.45) is 4.88. The average Bonchev–Trinajstić information content (AvgIpc) is 3.09. The van der Waals surface area contributed by atoms with Crippen LogP contribution in [0.2, 0.25) is 0 Å². The van der Waals surface area contributed by atoms with Crippen molar-refractivity contribution in [2.45, 2.75) is 39.7 Å². The zero-order valence-electron chi connectivity index (χ0n) is 13.6. The molecule has 0 saturated carbocycles. The molecule has 0 unspecified atom stereocenters. The predicted octanol–water partition coefficient (Wildman–Crippen LogP) is 3.51. The smallest absolute Gasteiger partial charge is 0.274 e. The monoisotopic (exact) mass is 323 g/mol. The Balaban J connectivity index is 1.80. The maximum absolute atomic E-state index is 13.3. The number of nitrogens with zero attached hydrogens (tertiary/aromatic N) is 3. The summed E-state index contributed by atoms with van der Waals surface area (Å²) in [4.78, 5) is 14.4. The van der Waals surface area contributed by atoms with E-state index in [9.17, 15) is 13.6 Å². The molecule has 1 fully saturated rings. The molecule has 6 heteroatoms. The van der Waals surface area contributed by atoms with Crippen molar-refractivity contribution in [3.05, 3.63) is 29.6 Å². The number of halogens is 2. The van der Waals surface area contributed by atoms with Gasteiger partial charge in [-0.1, -0.05) is 26.0 Å². The maximum atomic E-state index is 13.3. The van der Waals surface area contributed by atoms with Crippen LogP contribution in [-0.4, -0.2) is 33.7 Å². The lowest BCUT2D eigenvalue weighted by Crippen LogP contribution is -2.30. The zero-order valence-corrected chi connectivity index (χ0v) is 13.6. The van der Waals surface area contributed by atoms with Gasteiger partial charge in [0.2, 0.25) is 0 Å². The minimum absolute atomic E-state index is 0.0766. The summed E-state index contributed by atoms with van der Waals surface area (Å²) in [5, 5.41) is 4.16. The molecule has 0 N–H and O–H groups in total. The highest BCUT2D eigenvalue weighted by atomic mass is 19.3. The van der Waals surface area contributed by atoms with E-state index in [1.165, 1.54) is 10.9 Å². The third kappa shape index (κ3) is 3.31. The molecule has 1 aromatic rings. The number of amides is 1. The highest BCUT2D eigenvalue weighted by Gasteiger charge is 2.37. The van der Waals surface area contributed by atoms with Gasteiger partial charge in [0.15, 0.2) is 5.69 Å². The maximum Gasteiger partial charge on any atom is 0.274 e. The van der Waals surface area contributed by atoms with Crippen LogP contribution in [-0.2, 0) is 6.54 Å². The molecule has 1 aliphatic carbocycles. The van der Waals surface area contributed by atoms with Crippen molar-refractivity contribution in [3.63, 3.8) is 0 Å². The van der Waals surface area contributed by atoms with Gasteiger partial charge in [-0.05, 0) is 30.6 Å². The summed E-state index contributed by atoms with van der Waals surface area (Å²) in [6, 6.07) is 0. The predicted molar refractivity (Wildman–Crippen MR) is 83.3 cm³/mol. The molecule has 4 nitrogen and oxygen atoms in total. The molecule has 126 valence electrons. The highest BCUT2D eigenvalue weighted by Crippen LogP contribution is 2.34. The number of carbonyl (C=O) groups is 1. The van der Waals surface area contributed by atoms with Gasteiger partial charge in [-0.25, -0.2) is 8.78 Å². The minimum atomic E-state index is -2.68. The van der Waals surface area contributed by atoms with Crippen LogP contribution in [0.25, 0.3) is 0 Å². The molecular formula is C17H23F2N3O. The van der Waals surface area contributed by atoms with Crippen molar-refractivity contribution >= 4 is 5.91 Å². The Morgan fingerprint density at radius 2 is 1.87 bits per heavy atom. The molecule has 1 aliphatic heterocycles. The van der Waals surface area contributed by atoms with Gasteiger partial charge in [-0.3, -0.25) is 9.48 Å². The SMILES string of the molecule is CC(C)Cn1cc(C(F)F)c(C(=O)N2C[C@H]3CC=CC[C@@H]3C2)n1. The lowest BCUT2D eigenvalue weighted by Gasteiger charge is -2.17. The summed E-state index contributed by atoms with van der Waals surface area (Å²) < 4.78 is 28.1. The van der Waals surface area contributed by atoms with Crippen molar-refractivity contribution in [1.82, 2.24) is 14.7 Å². The fourth-order valence-corrected chi connectivity index (χ4v) is 3.56. The largest absolute Gasteiger partial charge is 0.337 e. The van der Waals surface area contributed by atoms with Crippen LogP contribution in [0.1, 0.15) is 49.2 Å². The second kappa shape index (κ2) is 6.42. The fraction of sp³-hybridized carbons (Fsp3) is 0.647. The van der Waals surface area contributed by atoms with Crippen LogP contribution in [0.3, 0.4) is 0 Å². The highest BCUT2D eigenvalue weighted by molar-refractivity contribution is 5.94. The molecular weight excluding hydrogens is 300 g/mol. The van der Waals surface area contributed by atoms with E-state index in [0.717, 1.165) is 12.8 Å². The number of aromatic nitrogens is 2. The minimum Gasteiger partial charge on any atom is -0.337 e. The van der Waals surface area contributed by atoms with E-state index in [2.05, 4.69) is 17.3 Å². The van der Waals surface area contributed by atoms with Crippen LogP contribution in [0.15, 0.2) is 18.3 Å². The van der Waals surface area contributed by atoms with Crippen molar-refractivity contribution in [2.75, 3.05) is 13.1 Å². The first kappa shape index (κ1) is 16.1. The standard InChI is InChI=1S/C17H23F2N3O/c1-11(2)7-22-10-14(16(18)19)15(20-22)17(23)21-8-12-5-3-4-6-13(12)9-21/h3-4,10-13,16H,5-9H2,1-2H3/t12-,13-/m1/s1. The number of rotatable bonds is 4. The van der Waals surface area contributed by atoms with E-state index in [-0.39, 0.29) is 23.1 Å². The van der Waals surface area contributed by atoms with Crippen molar-refractivity contribution in [2.24, 2.45) is 17.8 Å². The van der Waals surface area contributed by atoms with Gasteiger partial charge in [0.1, 0.15) is 0 Å². The number of carbonyl (C=O) groups excluding carboxylic acids is 1. The Labute approximate surface area is 135 Å². The molecule has 0 radical (unpaired) electrons. The van der Waals surface area contributed by atoms with E-state index >= 15 is 0 Å². The van der Waals surface area contributed by atoms with Crippen LogP contribution in [0, 0.1) is 17.8 Å². The van der Waals surface area contributed by atoms with E-state index in [1.807, 2.05) is 13.8 Å². The number of allylic oxidation sites excluding steroid dienone is 2. The number of alkyl halides is 2. The molecule has 1 saturated heterocycles. The van der Waals surface area contributed by atoms with Gasteiger partial charge in [-0.2, -0.15) is 5.10 Å². The third-order valence-corrected chi connectivity index (χ3v) is 4.69. The zero-order chi connectivity index (χ0) is 16.6. The molecule has 0 spiro atoms. The first-order valence-corrected chi connectivity index (χ1v) is 8.25. The van der Waals surface area contributed by atoms with Crippen LogP contribution >= 0.6 is 0 Å². The van der Waals surface area contributed by atoms with Crippen molar-refractivity contribution in [1.29, 1.82) is 0 Å². The van der Waals surface area contributed by atoms with Gasteiger partial charge < -0.3 is 4.90 Å². The lowest BCUT2D eigenvalue weighted by molar-refractivity contribution is 0.0765. The molecule has 2 heterocycles. The number of fused-ring (bicyclic) bond motifs is 1. The van der Waals surface area contributed by atoms with Gasteiger partial charge in [-0.15, -0.1) is 0 Å². The molecule has 0 aromatic carbocycles. The Kier molecular flexibility index (Phi) is 4.50. The topological polar surface area (TPSA) is 38.1 Å². The summed E-state index contributed by atoms with van der Waals surface area (Å²) in [5.74, 6) is 0.842. The van der Waals surface area contributed by atoms with Gasteiger partial charge in [0, 0.05) is 25.8 Å². The summed E-state index contributed by atoms with van der Waals surface area (Å²) >= 11 is 0. The van der Waals surface area contributed by atoms with Gasteiger partial charge in [0.05, 0.1) is 5.56 Å². The number of likely N-dealkylation sites (tertiary alicyclic amines) is 1. The first-order chi connectivity index (χ1) is 11.0. The van der Waals surface area contributed by atoms with Crippen molar-refractivity contribution < 1.29 is 13.6 Å². The first-order valence-electron chi connectivity index (χ1n) is 8.25. The van der Waals surface area contributed by atoms with E-state index < -0.39 is 6.43 Å². The summed E-state index contributed by atoms with van der Waals surface area (Å²) in [7, 11) is 0. The summed E-state index contributed by atoms with van der Waals surface area (Å²) in [6.45, 7) is 5.80. The van der Waals surface area contributed by atoms with Crippen molar-refractivity contribution in [3.8, 4) is 0 Å². The Hall–Kier alpha value is -1.72. The van der Waals surface area contributed by atoms with Crippen LogP contribution < -0.4 is 0 Å². The molecule has 1 aromatic heterocycles. The second-order valence-electron chi connectivity index (χ2n) is 7.02. The summed E-state index contributed by atoms with van der Waals surface area (Å²) in [5.41, 5.74) is -0.323. The third-order valence-electron chi connectivity index (χ3n) is 4.69. The molecule has 3 rings (SSSR count). The molecule has 0 bridgehead atoms. The molecule has 2 atom stereocenters. The van der Waals surface area contributed by atoms with Crippen LogP contribution in [0.5, 0.6) is 0 Å². The normalized spacial score (nSPS) is 23.8. The van der Waals surface area contributed by atoms with Gasteiger partial charge >= 0.3 is 0 Å². The van der Waals surface area contributed by atoms with E-state index in [1.54, 1.807) is 4.90 Å². The van der Waals surface area contributed by atoms with E-state index in [0.29, 0.717) is 31.5 Å². The number of hydrogen-bond donors (Lipinski definition) is 0. The fourth-order valence-electron chi connectivity index (χ4n) is 3.56. The lowest BCUT2D eigenvalue weighted by atomic mass is 9.86. The molecule has 1 amide bonds. The Morgan fingerprint density at radius 1 is 1.26 bits per heavy atom. The average molecular weight is 323 g/mol. The Morgan fingerprint density at radius 3 is 2.39 bits per heavy atom. The van der Waals surface area contributed by atoms with E-state index in [4.69, 9.17) is 0 Å².